The van der Waals surface area contributed by atoms with Gasteiger partial charge < -0.3 is 15.0 Å². The van der Waals surface area contributed by atoms with Crippen LogP contribution in [0.2, 0.25) is 0 Å². The lowest BCUT2D eigenvalue weighted by Gasteiger charge is -2.26. The summed E-state index contributed by atoms with van der Waals surface area (Å²) in [6, 6.07) is 7.33. The quantitative estimate of drug-likeness (QED) is 0.723. The van der Waals surface area contributed by atoms with Gasteiger partial charge in [-0.3, -0.25) is 9.69 Å². The van der Waals surface area contributed by atoms with Crippen molar-refractivity contribution in [1.82, 2.24) is 19.9 Å². The Morgan fingerprint density at radius 1 is 1.19 bits per heavy atom. The van der Waals surface area contributed by atoms with Gasteiger partial charge in [-0.2, -0.15) is 5.10 Å². The summed E-state index contributed by atoms with van der Waals surface area (Å²) in [6.45, 7) is 2.90. The Morgan fingerprint density at radius 3 is 2.85 bits per heavy atom. The first-order valence-electron chi connectivity index (χ1n) is 9.42. The number of nitrogens with one attached hydrogen (secondary N) is 2. The number of anilines is 1. The molecule has 2 aromatic heterocycles. The number of piperidine rings is 1. The normalized spacial score (nSPS) is 19.0. The lowest BCUT2D eigenvalue weighted by Crippen LogP contribution is -2.37. The van der Waals surface area contributed by atoms with Gasteiger partial charge in [-0.15, -0.1) is 0 Å². The highest BCUT2D eigenvalue weighted by Crippen LogP contribution is 2.33. The van der Waals surface area contributed by atoms with E-state index in [4.69, 9.17) is 9.84 Å². The fourth-order valence-corrected chi connectivity index (χ4v) is 4.17. The van der Waals surface area contributed by atoms with E-state index in [9.17, 15) is 9.59 Å². The molecule has 2 aliphatic rings. The summed E-state index contributed by atoms with van der Waals surface area (Å²) in [7, 11) is 0. The zero-order chi connectivity index (χ0) is 18.4. The number of H-pyrrole nitrogens is 1. The summed E-state index contributed by atoms with van der Waals surface area (Å²) in [5.41, 5.74) is 2.90. The molecule has 2 fully saturated rings. The number of aromatic nitrogens is 3. The first kappa shape index (κ1) is 16.3. The molecule has 5 rings (SSSR count). The predicted octanol–water partition coefficient (Wildman–Crippen LogP) is 1.99. The van der Waals surface area contributed by atoms with E-state index in [0.717, 1.165) is 54.6 Å². The van der Waals surface area contributed by atoms with Crippen LogP contribution in [0.25, 0.3) is 16.6 Å². The van der Waals surface area contributed by atoms with Gasteiger partial charge in [0.15, 0.2) is 0 Å². The fourth-order valence-electron chi connectivity index (χ4n) is 4.17. The second-order valence-corrected chi connectivity index (χ2v) is 7.13. The summed E-state index contributed by atoms with van der Waals surface area (Å²) in [4.78, 5) is 29.3. The number of ether oxygens (including phenoxy) is 1. The van der Waals surface area contributed by atoms with E-state index in [-0.39, 0.29) is 17.6 Å². The molecule has 0 saturated carbocycles. The van der Waals surface area contributed by atoms with Gasteiger partial charge in [0, 0.05) is 18.5 Å². The van der Waals surface area contributed by atoms with Gasteiger partial charge in [-0.05, 0) is 44.5 Å². The number of hydrogen-bond donors (Lipinski definition) is 2. The predicted molar refractivity (Wildman–Crippen MR) is 101 cm³/mol. The van der Waals surface area contributed by atoms with E-state index in [0.29, 0.717) is 18.8 Å². The second kappa shape index (κ2) is 6.38. The highest BCUT2D eigenvalue weighted by atomic mass is 16.6. The van der Waals surface area contributed by atoms with Crippen molar-refractivity contribution in [3.8, 4) is 0 Å². The van der Waals surface area contributed by atoms with Crippen LogP contribution >= 0.6 is 0 Å². The Bertz CT molecular complexity index is 1080. The van der Waals surface area contributed by atoms with Crippen molar-refractivity contribution in [2.24, 2.45) is 0 Å². The third-order valence-electron chi connectivity index (χ3n) is 5.46. The summed E-state index contributed by atoms with van der Waals surface area (Å²) in [5, 5.41) is 8.90. The van der Waals surface area contributed by atoms with Crippen LogP contribution < -0.4 is 15.8 Å². The Hall–Kier alpha value is -2.87. The van der Waals surface area contributed by atoms with E-state index >= 15 is 0 Å². The average molecular weight is 367 g/mol. The van der Waals surface area contributed by atoms with Gasteiger partial charge in [0.25, 0.3) is 5.56 Å². The zero-order valence-electron chi connectivity index (χ0n) is 14.9. The first-order chi connectivity index (χ1) is 13.2. The van der Waals surface area contributed by atoms with Crippen LogP contribution in [-0.2, 0) is 4.74 Å². The maximum atomic E-state index is 12.4. The molecule has 1 amide bonds. The Kier molecular flexibility index (Phi) is 3.86. The number of benzene rings is 1. The molecule has 0 radical (unpaired) electrons. The Balaban J connectivity index is 1.75. The van der Waals surface area contributed by atoms with Crippen molar-refractivity contribution >= 4 is 28.3 Å². The van der Waals surface area contributed by atoms with Crippen molar-refractivity contribution < 1.29 is 9.53 Å². The van der Waals surface area contributed by atoms with Crippen molar-refractivity contribution in [2.75, 3.05) is 31.1 Å². The molecule has 8 nitrogen and oxygen atoms in total. The smallest absolute Gasteiger partial charge is 0.414 e. The number of amides is 1. The minimum Gasteiger partial charge on any atom is -0.449 e. The monoisotopic (exact) mass is 367 g/mol. The maximum absolute atomic E-state index is 12.4. The SMILES string of the molecule is O=C1OCCCN1c1cccc2nn3c(C4CCNCC4)cc(=O)[nH]c3c12. The highest BCUT2D eigenvalue weighted by Gasteiger charge is 2.26. The minimum atomic E-state index is -0.357. The zero-order valence-corrected chi connectivity index (χ0v) is 14.9. The number of carbonyl (C=O) groups is 1. The molecule has 8 heteroatoms. The van der Waals surface area contributed by atoms with E-state index in [1.54, 1.807) is 11.0 Å². The highest BCUT2D eigenvalue weighted by molar-refractivity contribution is 6.07. The molecule has 0 unspecified atom stereocenters. The molecular weight excluding hydrogens is 346 g/mol. The van der Waals surface area contributed by atoms with Crippen LogP contribution in [-0.4, -0.2) is 46.9 Å². The first-order valence-corrected chi connectivity index (χ1v) is 9.42. The van der Waals surface area contributed by atoms with Crippen LogP contribution in [0.5, 0.6) is 0 Å². The molecule has 0 spiro atoms. The van der Waals surface area contributed by atoms with E-state index in [1.807, 2.05) is 22.7 Å². The Labute approximate surface area is 155 Å². The van der Waals surface area contributed by atoms with Crippen LogP contribution in [0.4, 0.5) is 10.5 Å². The number of nitrogens with zero attached hydrogens (tertiary/aromatic N) is 3. The maximum Gasteiger partial charge on any atom is 0.414 e. The molecule has 2 N–H and O–H groups in total. The Morgan fingerprint density at radius 2 is 2.04 bits per heavy atom. The fraction of sp³-hybridized carbons (Fsp3) is 0.421. The summed E-state index contributed by atoms with van der Waals surface area (Å²) in [6.07, 6.45) is 2.36. The molecule has 3 aromatic rings. The minimum absolute atomic E-state index is 0.145. The number of rotatable bonds is 2. The number of aromatic amines is 1. The van der Waals surface area contributed by atoms with Crippen LogP contribution in [0.3, 0.4) is 0 Å². The van der Waals surface area contributed by atoms with Crippen molar-refractivity contribution in [2.45, 2.75) is 25.2 Å². The topological polar surface area (TPSA) is 91.7 Å². The number of fused-ring (bicyclic) bond motifs is 3. The molecule has 0 atom stereocenters. The molecule has 27 heavy (non-hydrogen) atoms. The molecule has 1 aromatic carbocycles. The average Bonchev–Trinajstić information content (AvgIpc) is 3.07. The van der Waals surface area contributed by atoms with Crippen LogP contribution in [0.15, 0.2) is 29.1 Å². The van der Waals surface area contributed by atoms with Crippen molar-refractivity contribution in [3.63, 3.8) is 0 Å². The molecule has 0 aliphatic carbocycles. The van der Waals surface area contributed by atoms with Gasteiger partial charge in [0.2, 0.25) is 0 Å². The largest absolute Gasteiger partial charge is 0.449 e. The van der Waals surface area contributed by atoms with Crippen molar-refractivity contribution in [3.05, 3.63) is 40.3 Å². The molecule has 2 saturated heterocycles. The number of carbonyl (C=O) groups excluding carboxylic acids is 1. The van der Waals surface area contributed by atoms with Gasteiger partial charge in [0.1, 0.15) is 5.65 Å². The summed E-state index contributed by atoms with van der Waals surface area (Å²) >= 11 is 0. The van der Waals surface area contributed by atoms with E-state index in [1.165, 1.54) is 0 Å². The van der Waals surface area contributed by atoms with Gasteiger partial charge in [-0.1, -0.05) is 6.07 Å². The number of cyclic esters (lactones) is 1. The van der Waals surface area contributed by atoms with E-state index in [2.05, 4.69) is 10.3 Å². The van der Waals surface area contributed by atoms with Gasteiger partial charge in [-0.25, -0.2) is 9.31 Å². The molecular formula is C19H21N5O3. The summed E-state index contributed by atoms with van der Waals surface area (Å²) in [5.74, 6) is 0.286. The van der Waals surface area contributed by atoms with Crippen LogP contribution in [0.1, 0.15) is 30.9 Å². The third kappa shape index (κ3) is 2.68. The second-order valence-electron chi connectivity index (χ2n) is 7.13. The molecule has 0 bridgehead atoms. The van der Waals surface area contributed by atoms with Crippen LogP contribution in [0, 0.1) is 0 Å². The number of hydrogen-bond acceptors (Lipinski definition) is 5. The van der Waals surface area contributed by atoms with Gasteiger partial charge >= 0.3 is 6.09 Å². The molecule has 4 heterocycles. The van der Waals surface area contributed by atoms with E-state index < -0.39 is 0 Å². The van der Waals surface area contributed by atoms with Gasteiger partial charge in [0.05, 0.1) is 28.9 Å². The molecule has 2 aliphatic heterocycles. The lowest BCUT2D eigenvalue weighted by atomic mass is 9.94. The lowest BCUT2D eigenvalue weighted by molar-refractivity contribution is 0.140. The summed E-state index contributed by atoms with van der Waals surface area (Å²) < 4.78 is 7.05. The van der Waals surface area contributed by atoms with Crippen molar-refractivity contribution in [1.29, 1.82) is 0 Å². The molecule has 140 valence electrons. The third-order valence-corrected chi connectivity index (χ3v) is 5.46. The standard InChI is InChI=1S/C19H21N5O3/c25-16-11-15(12-5-7-20-8-6-12)24-18(21-16)17-13(22-24)3-1-4-14(17)23-9-2-10-27-19(23)26/h1,3-4,11-12,20H,2,5-10H2,(H,21,25).